The molecule has 1 aliphatic rings. The molecule has 0 saturated heterocycles. The molecular weight excluding hydrogens is 266 g/mol. The zero-order chi connectivity index (χ0) is 14.9. The summed E-state index contributed by atoms with van der Waals surface area (Å²) >= 11 is 0. The molecule has 0 bridgehead atoms. The Bertz CT molecular complexity index is 611. The Kier molecular flexibility index (Phi) is 3.47. The molecule has 1 aliphatic heterocycles. The molecule has 0 unspecified atom stereocenters. The fourth-order valence-electron chi connectivity index (χ4n) is 2.04. The number of benzene rings is 1. The number of hydrogen-bond donors (Lipinski definition) is 3. The molecule has 0 radical (unpaired) electrons. The van der Waals surface area contributed by atoms with Crippen LogP contribution in [0.5, 0.6) is 11.5 Å². The summed E-state index contributed by atoms with van der Waals surface area (Å²) in [5.74, 6) is 0.0931. The first-order valence-electron chi connectivity index (χ1n) is 5.73. The Balaban J connectivity index is 2.51. The fourth-order valence-corrected chi connectivity index (χ4v) is 2.04. The maximum absolute atomic E-state index is 11.5. The molecule has 8 nitrogen and oxygen atoms in total. The third-order valence-electron chi connectivity index (χ3n) is 2.97. The molecule has 1 aromatic rings. The number of nitrogens with one attached hydrogen (secondary N) is 2. The summed E-state index contributed by atoms with van der Waals surface area (Å²) in [4.78, 5) is 22.1. The van der Waals surface area contributed by atoms with E-state index in [9.17, 15) is 20.0 Å². The summed E-state index contributed by atoms with van der Waals surface area (Å²) in [6, 6.07) is 2.86. The van der Waals surface area contributed by atoms with E-state index in [1.165, 1.54) is 32.2 Å². The SMILES string of the molecule is COc1cc([C@H]2NC(=O)NC(C)=C2[N+](=O)[O-])ccc1O. The van der Waals surface area contributed by atoms with Gasteiger partial charge in [0.25, 0.3) is 5.70 Å². The molecule has 20 heavy (non-hydrogen) atoms. The molecule has 0 aliphatic carbocycles. The lowest BCUT2D eigenvalue weighted by molar-refractivity contribution is -0.432. The van der Waals surface area contributed by atoms with Crippen molar-refractivity contribution in [1.29, 1.82) is 0 Å². The van der Waals surface area contributed by atoms with Crippen molar-refractivity contribution in [3.05, 3.63) is 45.3 Å². The molecule has 106 valence electrons. The van der Waals surface area contributed by atoms with Crippen molar-refractivity contribution >= 4 is 6.03 Å². The number of aromatic hydroxyl groups is 1. The molecule has 1 heterocycles. The van der Waals surface area contributed by atoms with Gasteiger partial charge in [-0.3, -0.25) is 10.1 Å². The van der Waals surface area contributed by atoms with Crippen LogP contribution in [0.25, 0.3) is 0 Å². The van der Waals surface area contributed by atoms with Gasteiger partial charge in [-0.05, 0) is 24.6 Å². The fraction of sp³-hybridized carbons (Fsp3) is 0.250. The van der Waals surface area contributed by atoms with Gasteiger partial charge in [0.2, 0.25) is 0 Å². The van der Waals surface area contributed by atoms with Gasteiger partial charge < -0.3 is 20.5 Å². The van der Waals surface area contributed by atoms with Gasteiger partial charge in [0.1, 0.15) is 6.04 Å². The monoisotopic (exact) mass is 279 g/mol. The average molecular weight is 279 g/mol. The predicted molar refractivity (Wildman–Crippen MR) is 68.8 cm³/mol. The number of allylic oxidation sites excluding steroid dienone is 1. The first-order valence-corrected chi connectivity index (χ1v) is 5.73. The van der Waals surface area contributed by atoms with Crippen LogP contribution in [0.4, 0.5) is 4.79 Å². The number of nitrogens with zero attached hydrogens (tertiary/aromatic N) is 1. The third kappa shape index (κ3) is 2.35. The lowest BCUT2D eigenvalue weighted by atomic mass is 10.0. The van der Waals surface area contributed by atoms with Crippen molar-refractivity contribution in [2.24, 2.45) is 0 Å². The Morgan fingerprint density at radius 3 is 2.75 bits per heavy atom. The molecule has 2 amide bonds. The van der Waals surface area contributed by atoms with Gasteiger partial charge in [0, 0.05) is 0 Å². The standard InChI is InChI=1S/C12H13N3O5/c1-6-11(15(18)19)10(14-12(17)13-6)7-3-4-8(16)9(5-7)20-2/h3-5,10,16H,1-2H3,(H2,13,14,17)/t10-/m1/s1. The van der Waals surface area contributed by atoms with E-state index in [1.807, 2.05) is 0 Å². The summed E-state index contributed by atoms with van der Waals surface area (Å²) in [5.41, 5.74) is 0.466. The van der Waals surface area contributed by atoms with Crippen molar-refractivity contribution in [3.63, 3.8) is 0 Å². The van der Waals surface area contributed by atoms with Gasteiger partial charge in [-0.1, -0.05) is 6.07 Å². The number of phenolic OH excluding ortho intramolecular Hbond substituents is 1. The highest BCUT2D eigenvalue weighted by atomic mass is 16.6. The minimum Gasteiger partial charge on any atom is -0.504 e. The Labute approximate surface area is 114 Å². The highest BCUT2D eigenvalue weighted by Crippen LogP contribution is 2.33. The van der Waals surface area contributed by atoms with Gasteiger partial charge in [-0.25, -0.2) is 4.79 Å². The minimum atomic E-state index is -0.909. The van der Waals surface area contributed by atoms with Gasteiger partial charge in [-0.15, -0.1) is 0 Å². The summed E-state index contributed by atoms with van der Waals surface area (Å²) in [7, 11) is 1.37. The number of carbonyl (C=O) groups is 1. The Hall–Kier alpha value is -2.77. The van der Waals surface area contributed by atoms with Crippen molar-refractivity contribution in [1.82, 2.24) is 10.6 Å². The summed E-state index contributed by atoms with van der Waals surface area (Å²) in [6.45, 7) is 1.46. The smallest absolute Gasteiger partial charge is 0.320 e. The molecule has 3 N–H and O–H groups in total. The minimum absolute atomic E-state index is 0.0835. The van der Waals surface area contributed by atoms with Crippen molar-refractivity contribution < 1.29 is 19.6 Å². The van der Waals surface area contributed by atoms with E-state index in [2.05, 4.69) is 10.6 Å². The average Bonchev–Trinajstić information content (AvgIpc) is 2.37. The third-order valence-corrected chi connectivity index (χ3v) is 2.97. The van der Waals surface area contributed by atoms with Crippen LogP contribution < -0.4 is 15.4 Å². The molecule has 8 heteroatoms. The van der Waals surface area contributed by atoms with Gasteiger partial charge in [-0.2, -0.15) is 0 Å². The van der Waals surface area contributed by atoms with Crippen LogP contribution in [-0.4, -0.2) is 23.2 Å². The second kappa shape index (κ2) is 5.08. The van der Waals surface area contributed by atoms with Gasteiger partial charge in [0.05, 0.1) is 17.7 Å². The number of nitro groups is 1. The number of carbonyl (C=O) groups excluding carboxylic acids is 1. The van der Waals surface area contributed by atoms with Crippen LogP contribution in [0.15, 0.2) is 29.6 Å². The highest BCUT2D eigenvalue weighted by molar-refractivity contribution is 5.78. The second-order valence-corrected chi connectivity index (χ2v) is 4.23. The Morgan fingerprint density at radius 1 is 1.45 bits per heavy atom. The van der Waals surface area contributed by atoms with Crippen LogP contribution in [0.1, 0.15) is 18.5 Å². The van der Waals surface area contributed by atoms with Crippen molar-refractivity contribution in [2.45, 2.75) is 13.0 Å². The van der Waals surface area contributed by atoms with Gasteiger partial charge >= 0.3 is 6.03 Å². The maximum atomic E-state index is 11.5. The topological polar surface area (TPSA) is 114 Å². The largest absolute Gasteiger partial charge is 0.504 e. The van der Waals surface area contributed by atoms with Crippen molar-refractivity contribution in [3.8, 4) is 11.5 Å². The van der Waals surface area contributed by atoms with E-state index in [-0.39, 0.29) is 22.9 Å². The van der Waals surface area contributed by atoms with Gasteiger partial charge in [0.15, 0.2) is 11.5 Å². The zero-order valence-corrected chi connectivity index (χ0v) is 10.8. The number of urea groups is 1. The molecule has 1 atom stereocenters. The molecular formula is C12H13N3O5. The van der Waals surface area contributed by atoms with Crippen LogP contribution in [0, 0.1) is 10.1 Å². The lowest BCUT2D eigenvalue weighted by Crippen LogP contribution is -2.45. The lowest BCUT2D eigenvalue weighted by Gasteiger charge is -2.23. The molecule has 2 rings (SSSR count). The molecule has 1 aromatic carbocycles. The Morgan fingerprint density at radius 2 is 2.15 bits per heavy atom. The van der Waals surface area contributed by atoms with Crippen LogP contribution in [0.2, 0.25) is 0 Å². The first kappa shape index (κ1) is 13.7. The summed E-state index contributed by atoms with van der Waals surface area (Å²) in [5, 5.41) is 25.5. The van der Waals surface area contributed by atoms with E-state index >= 15 is 0 Å². The van der Waals surface area contributed by atoms with E-state index < -0.39 is 17.0 Å². The molecule has 0 spiro atoms. The van der Waals surface area contributed by atoms with Crippen molar-refractivity contribution in [2.75, 3.05) is 7.11 Å². The number of rotatable bonds is 3. The van der Waals surface area contributed by atoms with E-state index in [1.54, 1.807) is 0 Å². The van der Waals surface area contributed by atoms with Crippen LogP contribution in [0.3, 0.4) is 0 Å². The zero-order valence-electron chi connectivity index (χ0n) is 10.8. The maximum Gasteiger partial charge on any atom is 0.320 e. The molecule has 0 saturated carbocycles. The predicted octanol–water partition coefficient (Wildman–Crippen LogP) is 1.26. The summed E-state index contributed by atoms with van der Waals surface area (Å²) in [6.07, 6.45) is 0. The highest BCUT2D eigenvalue weighted by Gasteiger charge is 2.35. The number of phenols is 1. The number of ether oxygens (including phenoxy) is 1. The molecule has 0 aromatic heterocycles. The normalized spacial score (nSPS) is 18.3. The first-order chi connectivity index (χ1) is 9.43. The quantitative estimate of drug-likeness (QED) is 0.569. The van der Waals surface area contributed by atoms with Crippen LogP contribution >= 0.6 is 0 Å². The van der Waals surface area contributed by atoms with E-state index in [0.29, 0.717) is 5.56 Å². The van der Waals surface area contributed by atoms with E-state index in [4.69, 9.17) is 4.74 Å². The van der Waals surface area contributed by atoms with E-state index in [0.717, 1.165) is 0 Å². The number of amides is 2. The summed E-state index contributed by atoms with van der Waals surface area (Å²) < 4.78 is 4.96. The molecule has 0 fully saturated rings. The number of hydrogen-bond acceptors (Lipinski definition) is 5. The van der Waals surface area contributed by atoms with Crippen LogP contribution in [-0.2, 0) is 0 Å². The second-order valence-electron chi connectivity index (χ2n) is 4.23. The number of methoxy groups -OCH3 is 1.